The first-order valence-electron chi connectivity index (χ1n) is 6.98. The van der Waals surface area contributed by atoms with E-state index in [4.69, 9.17) is 27.9 Å². The first-order valence-corrected chi connectivity index (χ1v) is 7.74. The van der Waals surface area contributed by atoms with Crippen LogP contribution in [0.2, 0.25) is 10.0 Å². The lowest BCUT2D eigenvalue weighted by Crippen LogP contribution is -2.16. The lowest BCUT2D eigenvalue weighted by molar-refractivity contribution is 0.299. The van der Waals surface area contributed by atoms with E-state index >= 15 is 0 Å². The average Bonchev–Trinajstić information content (AvgIpc) is 2.50. The van der Waals surface area contributed by atoms with Gasteiger partial charge in [0, 0.05) is 27.2 Å². The van der Waals surface area contributed by atoms with Crippen molar-refractivity contribution in [2.45, 2.75) is 26.0 Å². The fourth-order valence-electron chi connectivity index (χ4n) is 2.29. The van der Waals surface area contributed by atoms with Crippen LogP contribution in [0.1, 0.15) is 30.5 Å². The summed E-state index contributed by atoms with van der Waals surface area (Å²) < 4.78 is 5.96. The van der Waals surface area contributed by atoms with Crippen LogP contribution in [0.5, 0.6) is 5.75 Å². The summed E-state index contributed by atoms with van der Waals surface area (Å²) in [6, 6.07) is 13.7. The lowest BCUT2D eigenvalue weighted by atomic mass is 10.0. The molecule has 4 heteroatoms. The van der Waals surface area contributed by atoms with Gasteiger partial charge in [0.05, 0.1) is 0 Å². The number of hydrogen-bond donors (Lipinski definition) is 1. The number of halogens is 2. The molecule has 2 aromatic carbocycles. The number of rotatable bonds is 6. The van der Waals surface area contributed by atoms with E-state index in [-0.39, 0.29) is 6.04 Å². The van der Waals surface area contributed by atoms with E-state index in [9.17, 15) is 0 Å². The normalized spacial score (nSPS) is 12.2. The molecule has 0 radical (unpaired) electrons. The van der Waals surface area contributed by atoms with Crippen LogP contribution >= 0.6 is 23.2 Å². The molecule has 21 heavy (non-hydrogen) atoms. The van der Waals surface area contributed by atoms with Crippen molar-refractivity contribution in [3.05, 3.63) is 63.6 Å². The highest BCUT2D eigenvalue weighted by Crippen LogP contribution is 2.29. The van der Waals surface area contributed by atoms with Crippen LogP contribution < -0.4 is 10.1 Å². The fourth-order valence-corrected chi connectivity index (χ4v) is 2.66. The standard InChI is InChI=1S/C17H19Cl2NO/c1-3-16(20-2)14-6-4-5-7-17(14)21-11-12-10-13(18)8-9-15(12)19/h4-10,16,20H,3,11H2,1-2H3. The van der Waals surface area contributed by atoms with Gasteiger partial charge in [0.25, 0.3) is 0 Å². The van der Waals surface area contributed by atoms with Crippen molar-refractivity contribution in [3.63, 3.8) is 0 Å². The fraction of sp³-hybridized carbons (Fsp3) is 0.294. The van der Waals surface area contributed by atoms with Crippen LogP contribution in [0.3, 0.4) is 0 Å². The van der Waals surface area contributed by atoms with Crippen molar-refractivity contribution in [2.24, 2.45) is 0 Å². The molecule has 0 bridgehead atoms. The maximum Gasteiger partial charge on any atom is 0.124 e. The molecular formula is C17H19Cl2NO. The summed E-state index contributed by atoms with van der Waals surface area (Å²) in [6.07, 6.45) is 0.995. The zero-order valence-electron chi connectivity index (χ0n) is 12.2. The van der Waals surface area contributed by atoms with Gasteiger partial charge < -0.3 is 10.1 Å². The molecule has 0 saturated heterocycles. The molecule has 0 fully saturated rings. The third-order valence-corrected chi connectivity index (χ3v) is 4.05. The Hall–Kier alpha value is -1.22. The minimum absolute atomic E-state index is 0.274. The highest BCUT2D eigenvalue weighted by Gasteiger charge is 2.12. The topological polar surface area (TPSA) is 21.3 Å². The number of hydrogen-bond acceptors (Lipinski definition) is 2. The maximum absolute atomic E-state index is 6.17. The molecule has 0 aliphatic rings. The molecular weight excluding hydrogens is 305 g/mol. The van der Waals surface area contributed by atoms with Gasteiger partial charge in [-0.15, -0.1) is 0 Å². The Kier molecular flexibility index (Phi) is 5.92. The molecule has 0 aliphatic carbocycles. The van der Waals surface area contributed by atoms with Crippen LogP contribution in [-0.2, 0) is 6.61 Å². The van der Waals surface area contributed by atoms with E-state index in [1.165, 1.54) is 0 Å². The smallest absolute Gasteiger partial charge is 0.124 e. The Balaban J connectivity index is 2.18. The van der Waals surface area contributed by atoms with E-state index in [0.29, 0.717) is 16.7 Å². The first kappa shape index (κ1) is 16.2. The first-order chi connectivity index (χ1) is 10.2. The van der Waals surface area contributed by atoms with Gasteiger partial charge in [-0.2, -0.15) is 0 Å². The summed E-state index contributed by atoms with van der Waals surface area (Å²) in [7, 11) is 1.96. The van der Waals surface area contributed by atoms with Crippen molar-refractivity contribution < 1.29 is 4.74 Å². The van der Waals surface area contributed by atoms with Crippen LogP contribution in [0, 0.1) is 0 Å². The predicted octanol–water partition coefficient (Wildman–Crippen LogP) is 5.24. The zero-order chi connectivity index (χ0) is 15.2. The molecule has 0 amide bonds. The number of ether oxygens (including phenoxy) is 1. The molecule has 1 N–H and O–H groups in total. The summed E-state index contributed by atoms with van der Waals surface area (Å²) in [5, 5.41) is 4.62. The van der Waals surface area contributed by atoms with Gasteiger partial charge in [0.2, 0.25) is 0 Å². The van der Waals surface area contributed by atoms with Gasteiger partial charge in [-0.1, -0.05) is 48.3 Å². The molecule has 0 saturated carbocycles. The predicted molar refractivity (Wildman–Crippen MR) is 89.3 cm³/mol. The van der Waals surface area contributed by atoms with E-state index in [1.807, 2.05) is 31.3 Å². The quantitative estimate of drug-likeness (QED) is 0.784. The third kappa shape index (κ3) is 4.13. The monoisotopic (exact) mass is 323 g/mol. The second kappa shape index (κ2) is 7.69. The van der Waals surface area contributed by atoms with Gasteiger partial charge in [0.15, 0.2) is 0 Å². The molecule has 2 rings (SSSR count). The summed E-state index contributed by atoms with van der Waals surface area (Å²) in [4.78, 5) is 0. The lowest BCUT2D eigenvalue weighted by Gasteiger charge is -2.19. The van der Waals surface area contributed by atoms with Gasteiger partial charge >= 0.3 is 0 Å². The second-order valence-electron chi connectivity index (χ2n) is 4.81. The Labute approximate surface area is 136 Å². The van der Waals surface area contributed by atoms with E-state index in [0.717, 1.165) is 23.3 Å². The van der Waals surface area contributed by atoms with Gasteiger partial charge in [-0.25, -0.2) is 0 Å². The molecule has 2 nitrogen and oxygen atoms in total. The number of para-hydroxylation sites is 1. The number of benzene rings is 2. The Bertz CT molecular complexity index is 597. The zero-order valence-corrected chi connectivity index (χ0v) is 13.7. The van der Waals surface area contributed by atoms with Crippen molar-refractivity contribution in [2.75, 3.05) is 7.05 Å². The van der Waals surface area contributed by atoms with Crippen molar-refractivity contribution in [1.29, 1.82) is 0 Å². The average molecular weight is 324 g/mol. The minimum atomic E-state index is 0.274. The largest absolute Gasteiger partial charge is 0.489 e. The second-order valence-corrected chi connectivity index (χ2v) is 5.66. The summed E-state index contributed by atoms with van der Waals surface area (Å²) in [6.45, 7) is 2.54. The van der Waals surface area contributed by atoms with Crippen LogP contribution in [0.4, 0.5) is 0 Å². The summed E-state index contributed by atoms with van der Waals surface area (Å²) in [5.41, 5.74) is 2.04. The Morgan fingerprint density at radius 1 is 1.14 bits per heavy atom. The summed E-state index contributed by atoms with van der Waals surface area (Å²) >= 11 is 12.2. The number of nitrogens with one attached hydrogen (secondary N) is 1. The van der Waals surface area contributed by atoms with E-state index in [2.05, 4.69) is 18.3 Å². The van der Waals surface area contributed by atoms with Crippen molar-refractivity contribution in [1.82, 2.24) is 5.32 Å². The molecule has 2 aromatic rings. The van der Waals surface area contributed by atoms with E-state index in [1.54, 1.807) is 12.1 Å². The molecule has 0 aliphatic heterocycles. The van der Waals surface area contributed by atoms with Crippen LogP contribution in [-0.4, -0.2) is 7.05 Å². The van der Waals surface area contributed by atoms with Crippen LogP contribution in [0.25, 0.3) is 0 Å². The molecule has 1 unspecified atom stereocenters. The molecule has 0 aromatic heterocycles. The molecule has 112 valence electrons. The van der Waals surface area contributed by atoms with Gasteiger partial charge in [-0.05, 0) is 37.7 Å². The summed E-state index contributed by atoms with van der Waals surface area (Å²) in [5.74, 6) is 0.870. The Morgan fingerprint density at radius 3 is 2.62 bits per heavy atom. The molecule has 1 atom stereocenters. The van der Waals surface area contributed by atoms with Gasteiger partial charge in [-0.3, -0.25) is 0 Å². The van der Waals surface area contributed by atoms with E-state index < -0.39 is 0 Å². The SMILES string of the molecule is CCC(NC)c1ccccc1OCc1cc(Cl)ccc1Cl. The minimum Gasteiger partial charge on any atom is -0.489 e. The maximum atomic E-state index is 6.17. The Morgan fingerprint density at radius 2 is 1.90 bits per heavy atom. The van der Waals surface area contributed by atoms with Crippen LogP contribution in [0.15, 0.2) is 42.5 Å². The third-order valence-electron chi connectivity index (χ3n) is 3.44. The molecule has 0 spiro atoms. The van der Waals surface area contributed by atoms with Crippen molar-refractivity contribution >= 4 is 23.2 Å². The molecule has 0 heterocycles. The highest BCUT2D eigenvalue weighted by molar-refractivity contribution is 6.33. The van der Waals surface area contributed by atoms with Crippen molar-refractivity contribution in [3.8, 4) is 5.75 Å². The highest BCUT2D eigenvalue weighted by atomic mass is 35.5. The van der Waals surface area contributed by atoms with Gasteiger partial charge in [0.1, 0.15) is 12.4 Å².